The van der Waals surface area contributed by atoms with E-state index in [-0.39, 0.29) is 5.56 Å². The van der Waals surface area contributed by atoms with Gasteiger partial charge in [0.25, 0.3) is 5.56 Å². The van der Waals surface area contributed by atoms with E-state index < -0.39 is 0 Å². The SMILES string of the molecule is Cc1ccc(=O)n(CC2CCN(Cc3nc4c(o3)CCC4)CC2)n1. The summed E-state index contributed by atoms with van der Waals surface area (Å²) in [6, 6.07) is 3.38. The van der Waals surface area contributed by atoms with Crippen molar-refractivity contribution in [3.8, 4) is 0 Å². The van der Waals surface area contributed by atoms with Crippen molar-refractivity contribution in [2.75, 3.05) is 13.1 Å². The highest BCUT2D eigenvalue weighted by Crippen LogP contribution is 2.24. The number of aromatic nitrogens is 3. The van der Waals surface area contributed by atoms with Gasteiger partial charge in [-0.05, 0) is 57.7 Å². The van der Waals surface area contributed by atoms with Gasteiger partial charge in [-0.2, -0.15) is 5.10 Å². The van der Waals surface area contributed by atoms with Gasteiger partial charge in [-0.25, -0.2) is 9.67 Å². The van der Waals surface area contributed by atoms with E-state index in [1.165, 1.54) is 12.1 Å². The van der Waals surface area contributed by atoms with Crippen LogP contribution in [-0.2, 0) is 25.9 Å². The predicted octanol–water partition coefficient (Wildman–Crippen LogP) is 1.94. The molecule has 2 aliphatic rings. The number of hydrogen-bond donors (Lipinski definition) is 0. The summed E-state index contributed by atoms with van der Waals surface area (Å²) in [5.41, 5.74) is 2.06. The summed E-state index contributed by atoms with van der Waals surface area (Å²) in [6.07, 6.45) is 5.46. The fourth-order valence-electron chi connectivity index (χ4n) is 3.76. The maximum atomic E-state index is 11.9. The summed E-state index contributed by atoms with van der Waals surface area (Å²) in [4.78, 5) is 18.9. The molecule has 0 aromatic carbocycles. The van der Waals surface area contributed by atoms with Crippen molar-refractivity contribution in [1.82, 2.24) is 19.7 Å². The van der Waals surface area contributed by atoms with E-state index >= 15 is 0 Å². The average Bonchev–Trinajstić information content (AvgIpc) is 3.14. The molecule has 0 saturated carbocycles. The lowest BCUT2D eigenvalue weighted by Gasteiger charge is -2.31. The monoisotopic (exact) mass is 328 g/mol. The topological polar surface area (TPSA) is 64.2 Å². The Morgan fingerprint density at radius 1 is 1.25 bits per heavy atom. The number of aryl methyl sites for hydroxylation is 3. The lowest BCUT2D eigenvalue weighted by molar-refractivity contribution is 0.151. The van der Waals surface area contributed by atoms with Gasteiger partial charge in [0.15, 0.2) is 0 Å². The summed E-state index contributed by atoms with van der Waals surface area (Å²) in [7, 11) is 0. The van der Waals surface area contributed by atoms with Crippen molar-refractivity contribution in [3.05, 3.63) is 45.5 Å². The first-order chi connectivity index (χ1) is 11.7. The van der Waals surface area contributed by atoms with Crippen LogP contribution in [0.15, 0.2) is 21.3 Å². The van der Waals surface area contributed by atoms with Crippen LogP contribution in [0.2, 0.25) is 0 Å². The molecule has 0 bridgehead atoms. The highest BCUT2D eigenvalue weighted by molar-refractivity contribution is 5.15. The minimum absolute atomic E-state index is 0.00247. The van der Waals surface area contributed by atoms with Crippen molar-refractivity contribution < 1.29 is 4.42 Å². The molecule has 1 fully saturated rings. The fourth-order valence-corrected chi connectivity index (χ4v) is 3.76. The highest BCUT2D eigenvalue weighted by Gasteiger charge is 2.23. The van der Waals surface area contributed by atoms with E-state index in [4.69, 9.17) is 4.42 Å². The average molecular weight is 328 g/mol. The van der Waals surface area contributed by atoms with Crippen LogP contribution in [0.4, 0.5) is 0 Å². The molecule has 4 rings (SSSR count). The molecule has 0 unspecified atom stereocenters. The number of rotatable bonds is 4. The second kappa shape index (κ2) is 6.51. The molecule has 3 heterocycles. The number of oxazole rings is 1. The van der Waals surface area contributed by atoms with Crippen molar-refractivity contribution in [3.63, 3.8) is 0 Å². The molecule has 1 aliphatic carbocycles. The van der Waals surface area contributed by atoms with Gasteiger partial charge in [0.1, 0.15) is 5.76 Å². The third-order valence-corrected chi connectivity index (χ3v) is 5.14. The number of fused-ring (bicyclic) bond motifs is 1. The van der Waals surface area contributed by atoms with Gasteiger partial charge in [0, 0.05) is 19.0 Å². The molecule has 2 aromatic heterocycles. The number of likely N-dealkylation sites (tertiary alicyclic amines) is 1. The van der Waals surface area contributed by atoms with E-state index in [9.17, 15) is 4.79 Å². The van der Waals surface area contributed by atoms with E-state index in [0.29, 0.717) is 5.92 Å². The number of nitrogens with zero attached hydrogens (tertiary/aromatic N) is 4. The first-order valence-corrected chi connectivity index (χ1v) is 8.92. The predicted molar refractivity (Wildman–Crippen MR) is 89.8 cm³/mol. The molecule has 6 heteroatoms. The van der Waals surface area contributed by atoms with Gasteiger partial charge in [-0.15, -0.1) is 0 Å². The van der Waals surface area contributed by atoms with Crippen LogP contribution in [0.5, 0.6) is 0 Å². The Hall–Kier alpha value is -1.95. The number of hydrogen-bond acceptors (Lipinski definition) is 5. The Balaban J connectivity index is 1.31. The Morgan fingerprint density at radius 2 is 2.08 bits per heavy atom. The molecule has 1 saturated heterocycles. The van der Waals surface area contributed by atoms with Gasteiger partial charge in [-0.1, -0.05) is 0 Å². The molecule has 0 atom stereocenters. The quantitative estimate of drug-likeness (QED) is 0.858. The fraction of sp³-hybridized carbons (Fsp3) is 0.611. The van der Waals surface area contributed by atoms with Crippen molar-refractivity contribution in [2.24, 2.45) is 5.92 Å². The molecule has 0 amide bonds. The lowest BCUT2D eigenvalue weighted by Crippen LogP contribution is -2.36. The van der Waals surface area contributed by atoms with Crippen LogP contribution in [0.25, 0.3) is 0 Å². The molecule has 128 valence electrons. The van der Waals surface area contributed by atoms with Gasteiger partial charge in [0.05, 0.1) is 17.9 Å². The zero-order chi connectivity index (χ0) is 16.5. The van der Waals surface area contributed by atoms with E-state index in [1.54, 1.807) is 16.8 Å². The zero-order valence-corrected chi connectivity index (χ0v) is 14.2. The minimum Gasteiger partial charge on any atom is -0.444 e. The third-order valence-electron chi connectivity index (χ3n) is 5.14. The van der Waals surface area contributed by atoms with Crippen LogP contribution in [-0.4, -0.2) is 32.8 Å². The first-order valence-electron chi connectivity index (χ1n) is 8.92. The summed E-state index contributed by atoms with van der Waals surface area (Å²) >= 11 is 0. The first kappa shape index (κ1) is 15.6. The van der Waals surface area contributed by atoms with Crippen molar-refractivity contribution in [2.45, 2.75) is 52.1 Å². The van der Waals surface area contributed by atoms with Crippen LogP contribution in [0.1, 0.15) is 42.3 Å². The summed E-state index contributed by atoms with van der Waals surface area (Å²) in [5, 5.41) is 4.35. The second-order valence-corrected chi connectivity index (χ2v) is 7.05. The van der Waals surface area contributed by atoms with Crippen molar-refractivity contribution in [1.29, 1.82) is 0 Å². The standard InChI is InChI=1S/C18H24N4O2/c1-13-5-6-18(23)22(20-13)11-14-7-9-21(10-8-14)12-17-19-15-3-2-4-16(15)24-17/h5-6,14H,2-4,7-12H2,1H3. The van der Waals surface area contributed by atoms with E-state index in [1.807, 2.05) is 6.92 Å². The summed E-state index contributed by atoms with van der Waals surface area (Å²) in [5.74, 6) is 2.49. The van der Waals surface area contributed by atoms with Crippen LogP contribution >= 0.6 is 0 Å². The van der Waals surface area contributed by atoms with Crippen LogP contribution < -0.4 is 5.56 Å². The van der Waals surface area contributed by atoms with Gasteiger partial charge in [0.2, 0.25) is 5.89 Å². The zero-order valence-electron chi connectivity index (χ0n) is 14.2. The van der Waals surface area contributed by atoms with Crippen LogP contribution in [0, 0.1) is 12.8 Å². The van der Waals surface area contributed by atoms with Crippen molar-refractivity contribution >= 4 is 0 Å². The Labute approximate surface area is 141 Å². The van der Waals surface area contributed by atoms with E-state index in [0.717, 1.165) is 69.2 Å². The maximum absolute atomic E-state index is 11.9. The van der Waals surface area contributed by atoms with Gasteiger partial charge in [-0.3, -0.25) is 9.69 Å². The smallest absolute Gasteiger partial charge is 0.266 e. The molecule has 0 spiro atoms. The molecular formula is C18H24N4O2. The largest absolute Gasteiger partial charge is 0.444 e. The minimum atomic E-state index is -0.00247. The van der Waals surface area contributed by atoms with Gasteiger partial charge < -0.3 is 4.42 Å². The molecule has 6 nitrogen and oxygen atoms in total. The normalized spacial score (nSPS) is 18.9. The number of piperidine rings is 1. The maximum Gasteiger partial charge on any atom is 0.266 e. The lowest BCUT2D eigenvalue weighted by atomic mass is 9.97. The van der Waals surface area contributed by atoms with E-state index in [2.05, 4.69) is 15.0 Å². The van der Waals surface area contributed by atoms with Crippen LogP contribution in [0.3, 0.4) is 0 Å². The third kappa shape index (κ3) is 3.29. The second-order valence-electron chi connectivity index (χ2n) is 7.05. The Bertz CT molecular complexity index is 750. The summed E-state index contributed by atoms with van der Waals surface area (Å²) < 4.78 is 7.49. The molecule has 1 aliphatic heterocycles. The van der Waals surface area contributed by atoms with Gasteiger partial charge >= 0.3 is 0 Å². The molecule has 0 radical (unpaired) electrons. The molecular weight excluding hydrogens is 304 g/mol. The summed E-state index contributed by atoms with van der Waals surface area (Å²) in [6.45, 7) is 5.51. The Kier molecular flexibility index (Phi) is 4.22. The Morgan fingerprint density at radius 3 is 2.88 bits per heavy atom. The molecule has 0 N–H and O–H groups in total. The highest BCUT2D eigenvalue weighted by atomic mass is 16.4. The molecule has 24 heavy (non-hydrogen) atoms. The molecule has 2 aromatic rings.